The Morgan fingerprint density at radius 3 is 2.48 bits per heavy atom. The second-order valence-electron chi connectivity index (χ2n) is 6.57. The van der Waals surface area contributed by atoms with Crippen molar-refractivity contribution >= 4 is 51.6 Å². The van der Waals surface area contributed by atoms with Gasteiger partial charge in [0.2, 0.25) is 0 Å². The number of rotatable bonds is 9. The highest BCUT2D eigenvalue weighted by molar-refractivity contribution is 7.98. The van der Waals surface area contributed by atoms with E-state index in [0.717, 1.165) is 22.1 Å². The Morgan fingerprint density at radius 2 is 1.76 bits per heavy atom. The molecule has 0 fully saturated rings. The fourth-order valence-corrected chi connectivity index (χ4v) is 4.53. The van der Waals surface area contributed by atoms with E-state index in [4.69, 9.17) is 27.9 Å². The van der Waals surface area contributed by atoms with Crippen molar-refractivity contribution in [3.8, 4) is 5.75 Å². The first-order valence-corrected chi connectivity index (χ1v) is 11.4. The summed E-state index contributed by atoms with van der Waals surface area (Å²) >= 11 is 14.0. The molecule has 0 aliphatic heterocycles. The Morgan fingerprint density at radius 1 is 1.03 bits per heavy atom. The second kappa shape index (κ2) is 10.8. The Labute approximate surface area is 185 Å². The molecule has 0 aliphatic carbocycles. The monoisotopic (exact) mass is 447 g/mol. The van der Waals surface area contributed by atoms with Crippen molar-refractivity contribution in [3.05, 3.63) is 76.3 Å². The molecule has 0 spiro atoms. The van der Waals surface area contributed by atoms with E-state index in [9.17, 15) is 4.79 Å². The standard InChI is InChI=1S/C23H23Cl2NO2S/c1-2-22(28-18-11-10-16-6-3-4-7-17(16)14-18)23(27)26-12-13-29-15-19-20(24)8-5-9-21(19)25/h3-11,14,22H,2,12-13,15H2,1H3,(H,26,27)/t22-/m1/s1. The minimum atomic E-state index is -0.515. The van der Waals surface area contributed by atoms with Gasteiger partial charge in [-0.2, -0.15) is 11.8 Å². The summed E-state index contributed by atoms with van der Waals surface area (Å²) in [6, 6.07) is 19.5. The van der Waals surface area contributed by atoms with Gasteiger partial charge in [-0.3, -0.25) is 4.79 Å². The molecular formula is C23H23Cl2NO2S. The van der Waals surface area contributed by atoms with Gasteiger partial charge in [0.05, 0.1) is 0 Å². The molecule has 3 aromatic rings. The van der Waals surface area contributed by atoms with Gasteiger partial charge in [-0.15, -0.1) is 0 Å². The Balaban J connectivity index is 1.47. The van der Waals surface area contributed by atoms with Crippen molar-refractivity contribution in [2.24, 2.45) is 0 Å². The van der Waals surface area contributed by atoms with Crippen LogP contribution < -0.4 is 10.1 Å². The van der Waals surface area contributed by atoms with Gasteiger partial charge in [-0.05, 0) is 47.0 Å². The molecule has 0 aromatic heterocycles. The van der Waals surface area contributed by atoms with Gasteiger partial charge in [0, 0.05) is 28.1 Å². The summed E-state index contributed by atoms with van der Waals surface area (Å²) in [5.74, 6) is 2.07. The molecule has 0 saturated carbocycles. The van der Waals surface area contributed by atoms with Crippen molar-refractivity contribution < 1.29 is 9.53 Å². The minimum Gasteiger partial charge on any atom is -0.481 e. The molecule has 29 heavy (non-hydrogen) atoms. The summed E-state index contributed by atoms with van der Waals surface area (Å²) in [5.41, 5.74) is 0.929. The van der Waals surface area contributed by atoms with E-state index < -0.39 is 6.10 Å². The van der Waals surface area contributed by atoms with Crippen molar-refractivity contribution in [1.29, 1.82) is 0 Å². The maximum atomic E-state index is 12.5. The number of halogens is 2. The topological polar surface area (TPSA) is 38.3 Å². The zero-order valence-electron chi connectivity index (χ0n) is 16.2. The van der Waals surface area contributed by atoms with E-state index >= 15 is 0 Å². The highest BCUT2D eigenvalue weighted by Gasteiger charge is 2.18. The predicted octanol–water partition coefficient (Wildman–Crippen LogP) is 6.35. The highest BCUT2D eigenvalue weighted by Crippen LogP contribution is 2.28. The summed E-state index contributed by atoms with van der Waals surface area (Å²) in [6.45, 7) is 2.50. The number of fused-ring (bicyclic) bond motifs is 1. The molecule has 3 aromatic carbocycles. The number of nitrogens with one attached hydrogen (secondary N) is 1. The lowest BCUT2D eigenvalue weighted by Crippen LogP contribution is -2.39. The van der Waals surface area contributed by atoms with Crippen molar-refractivity contribution in [3.63, 3.8) is 0 Å². The minimum absolute atomic E-state index is 0.1000. The van der Waals surface area contributed by atoms with E-state index in [-0.39, 0.29) is 5.91 Å². The molecule has 152 valence electrons. The van der Waals surface area contributed by atoms with Crippen LogP contribution in [0.15, 0.2) is 60.7 Å². The third kappa shape index (κ3) is 6.05. The van der Waals surface area contributed by atoms with E-state index in [2.05, 4.69) is 11.4 Å². The van der Waals surface area contributed by atoms with E-state index in [1.54, 1.807) is 11.8 Å². The van der Waals surface area contributed by atoms with Crippen molar-refractivity contribution in [2.75, 3.05) is 12.3 Å². The first-order chi connectivity index (χ1) is 14.1. The van der Waals surface area contributed by atoms with Crippen LogP contribution >= 0.6 is 35.0 Å². The molecule has 3 rings (SSSR count). The zero-order valence-corrected chi connectivity index (χ0v) is 18.5. The average Bonchev–Trinajstić information content (AvgIpc) is 2.73. The number of thioether (sulfide) groups is 1. The number of hydrogen-bond donors (Lipinski definition) is 1. The van der Waals surface area contributed by atoms with Gasteiger partial charge in [-0.25, -0.2) is 0 Å². The largest absolute Gasteiger partial charge is 0.481 e. The van der Waals surface area contributed by atoms with Gasteiger partial charge in [-0.1, -0.05) is 66.5 Å². The quantitative estimate of drug-likeness (QED) is 0.388. The maximum Gasteiger partial charge on any atom is 0.261 e. The average molecular weight is 448 g/mol. The van der Waals surface area contributed by atoms with Crippen LogP contribution in [0.2, 0.25) is 10.0 Å². The lowest BCUT2D eigenvalue weighted by Gasteiger charge is -2.17. The fraction of sp³-hybridized carbons (Fsp3) is 0.261. The first kappa shape index (κ1) is 21.8. The summed E-state index contributed by atoms with van der Waals surface area (Å²) in [7, 11) is 0. The molecular weight excluding hydrogens is 425 g/mol. The van der Waals surface area contributed by atoms with E-state index in [1.807, 2.05) is 61.5 Å². The molecule has 0 saturated heterocycles. The summed E-state index contributed by atoms with van der Waals surface area (Å²) in [4.78, 5) is 12.5. The van der Waals surface area contributed by atoms with Crippen LogP contribution in [0, 0.1) is 0 Å². The number of carbonyl (C=O) groups is 1. The van der Waals surface area contributed by atoms with Crippen LogP contribution in [0.1, 0.15) is 18.9 Å². The third-order valence-corrected chi connectivity index (χ3v) is 6.21. The number of carbonyl (C=O) groups excluding carboxylic acids is 1. The lowest BCUT2D eigenvalue weighted by atomic mass is 10.1. The normalized spacial score (nSPS) is 12.0. The maximum absolute atomic E-state index is 12.5. The van der Waals surface area contributed by atoms with Gasteiger partial charge in [0.25, 0.3) is 5.91 Å². The van der Waals surface area contributed by atoms with Crippen LogP contribution in [0.25, 0.3) is 10.8 Å². The van der Waals surface area contributed by atoms with Crippen molar-refractivity contribution in [1.82, 2.24) is 5.32 Å². The molecule has 0 aliphatic rings. The summed E-state index contributed by atoms with van der Waals surface area (Å²) in [5, 5.41) is 6.54. The van der Waals surface area contributed by atoms with Crippen LogP contribution in [0.4, 0.5) is 0 Å². The molecule has 0 bridgehead atoms. The summed E-state index contributed by atoms with van der Waals surface area (Å²) < 4.78 is 5.94. The number of amides is 1. The van der Waals surface area contributed by atoms with Gasteiger partial charge in [0.1, 0.15) is 5.75 Å². The molecule has 0 unspecified atom stereocenters. The van der Waals surface area contributed by atoms with E-state index in [0.29, 0.717) is 34.5 Å². The molecule has 1 amide bonds. The molecule has 0 radical (unpaired) electrons. The molecule has 1 N–H and O–H groups in total. The van der Waals surface area contributed by atoms with Crippen LogP contribution in [0.3, 0.4) is 0 Å². The molecule has 6 heteroatoms. The van der Waals surface area contributed by atoms with Gasteiger partial charge < -0.3 is 10.1 Å². The number of benzene rings is 3. The van der Waals surface area contributed by atoms with Crippen LogP contribution in [-0.2, 0) is 10.5 Å². The predicted molar refractivity (Wildman–Crippen MR) is 124 cm³/mol. The van der Waals surface area contributed by atoms with Gasteiger partial charge in [0.15, 0.2) is 6.10 Å². The Hall–Kier alpha value is -1.88. The van der Waals surface area contributed by atoms with E-state index in [1.165, 1.54) is 0 Å². The Bertz CT molecular complexity index is 960. The van der Waals surface area contributed by atoms with Crippen molar-refractivity contribution in [2.45, 2.75) is 25.2 Å². The smallest absolute Gasteiger partial charge is 0.261 e. The summed E-state index contributed by atoms with van der Waals surface area (Å²) in [6.07, 6.45) is 0.0836. The lowest BCUT2D eigenvalue weighted by molar-refractivity contribution is -0.127. The van der Waals surface area contributed by atoms with Crippen LogP contribution in [-0.4, -0.2) is 24.3 Å². The molecule has 1 atom stereocenters. The molecule has 0 heterocycles. The Kier molecular flexibility index (Phi) is 8.10. The van der Waals surface area contributed by atoms with Crippen LogP contribution in [0.5, 0.6) is 5.75 Å². The third-order valence-electron chi connectivity index (χ3n) is 4.52. The fourth-order valence-electron chi connectivity index (χ4n) is 2.93. The highest BCUT2D eigenvalue weighted by atomic mass is 35.5. The number of hydrogen-bond acceptors (Lipinski definition) is 3. The second-order valence-corrected chi connectivity index (χ2v) is 8.49. The van der Waals surface area contributed by atoms with Gasteiger partial charge >= 0.3 is 0 Å². The first-order valence-electron chi connectivity index (χ1n) is 9.52. The molecule has 3 nitrogen and oxygen atoms in total. The zero-order chi connectivity index (χ0) is 20.6. The SMILES string of the molecule is CC[C@@H](Oc1ccc2ccccc2c1)C(=O)NCCSCc1c(Cl)cccc1Cl. The number of ether oxygens (including phenoxy) is 1.